The number of amides is 3. The van der Waals surface area contributed by atoms with Gasteiger partial charge in [-0.05, 0) is 56.2 Å². The van der Waals surface area contributed by atoms with Gasteiger partial charge in [0.2, 0.25) is 17.7 Å². The summed E-state index contributed by atoms with van der Waals surface area (Å²) in [5.74, 6) is -2.78. The maximum Gasteiger partial charge on any atom is 0.326 e. The van der Waals surface area contributed by atoms with Crippen molar-refractivity contribution in [2.75, 3.05) is 13.1 Å². The molecule has 0 saturated carbocycles. The first-order valence-electron chi connectivity index (χ1n) is 14.0. The summed E-state index contributed by atoms with van der Waals surface area (Å²) in [4.78, 5) is 55.0. The van der Waals surface area contributed by atoms with Crippen LogP contribution in [0.1, 0.15) is 51.5 Å². The van der Waals surface area contributed by atoms with Crippen LogP contribution < -0.4 is 32.3 Å². The molecule has 1 saturated heterocycles. The van der Waals surface area contributed by atoms with Gasteiger partial charge in [-0.2, -0.15) is 0 Å². The van der Waals surface area contributed by atoms with Crippen LogP contribution in [-0.4, -0.2) is 77.0 Å². The summed E-state index contributed by atoms with van der Waals surface area (Å²) < 4.78 is 0. The largest absolute Gasteiger partial charge is 0.480 e. The molecule has 0 aliphatic carbocycles. The summed E-state index contributed by atoms with van der Waals surface area (Å²) in [6.45, 7) is 4.89. The summed E-state index contributed by atoms with van der Waals surface area (Å²) in [7, 11) is 0. The lowest BCUT2D eigenvalue weighted by Gasteiger charge is -2.26. The third-order valence-electron chi connectivity index (χ3n) is 7.05. The van der Waals surface area contributed by atoms with Gasteiger partial charge in [0.05, 0.1) is 6.04 Å². The molecule has 1 aliphatic heterocycles. The van der Waals surface area contributed by atoms with Crippen molar-refractivity contribution in [2.24, 2.45) is 11.7 Å². The Hall–Kier alpha value is -4.13. The van der Waals surface area contributed by atoms with E-state index in [1.807, 2.05) is 38.1 Å². The van der Waals surface area contributed by atoms with Gasteiger partial charge in [0.15, 0.2) is 5.96 Å². The molecule has 3 rings (SSSR count). The number of aromatic amines is 1. The monoisotopic (exact) mass is 570 g/mol. The maximum atomic E-state index is 13.5. The normalized spacial score (nSPS) is 17.0. The topological polar surface area (TPSA) is 214 Å². The van der Waals surface area contributed by atoms with Crippen molar-refractivity contribution in [2.45, 2.75) is 76.5 Å². The summed E-state index contributed by atoms with van der Waals surface area (Å²) in [5, 5.41) is 31.8. The Morgan fingerprint density at radius 1 is 1.07 bits per heavy atom. The van der Waals surface area contributed by atoms with Crippen molar-refractivity contribution < 1.29 is 24.3 Å². The number of carbonyl (C=O) groups is 4. The number of para-hydroxylation sites is 1. The number of carboxylic acid groups (broad SMARTS) is 1. The Balaban J connectivity index is 1.79. The second-order valence-corrected chi connectivity index (χ2v) is 10.8. The van der Waals surface area contributed by atoms with E-state index in [2.05, 4.69) is 31.6 Å². The number of carboxylic acids is 1. The van der Waals surface area contributed by atoms with Gasteiger partial charge in [0.25, 0.3) is 0 Å². The van der Waals surface area contributed by atoms with Crippen LogP contribution in [-0.2, 0) is 25.6 Å². The molecule has 3 amide bonds. The predicted molar refractivity (Wildman–Crippen MR) is 155 cm³/mol. The molecule has 0 bridgehead atoms. The molecule has 10 N–H and O–H groups in total. The van der Waals surface area contributed by atoms with Gasteiger partial charge in [0.1, 0.15) is 18.1 Å². The van der Waals surface area contributed by atoms with Crippen molar-refractivity contribution in [1.29, 1.82) is 5.41 Å². The number of H-pyrrole nitrogens is 1. The van der Waals surface area contributed by atoms with Crippen molar-refractivity contribution in [1.82, 2.24) is 31.6 Å². The molecule has 0 spiro atoms. The van der Waals surface area contributed by atoms with Crippen LogP contribution >= 0.6 is 0 Å². The number of benzene rings is 1. The minimum Gasteiger partial charge on any atom is -0.480 e. The standard InChI is InChI=1S/C28H42N8O5/c1-16(2)13-22(35-24(37)20-9-5-11-31-20)25(38)36-23(14-17-15-33-19-8-4-3-7-18(17)19)26(39)34-21(27(40)41)10-6-12-32-28(29)30/h3-4,7-8,15-16,20-23,31,33H,5-6,9-14H2,1-2H3,(H,34,39)(H,35,37)(H,36,38)(H,40,41)(H4,29,30,32)/t20-,21-,22-,23-/m0/s1. The Kier molecular flexibility index (Phi) is 11.5. The van der Waals surface area contributed by atoms with Gasteiger partial charge in [-0.3, -0.25) is 19.8 Å². The predicted octanol–water partition coefficient (Wildman–Crippen LogP) is 0.311. The molecule has 4 atom stereocenters. The highest BCUT2D eigenvalue weighted by Gasteiger charge is 2.32. The van der Waals surface area contributed by atoms with E-state index in [-0.39, 0.29) is 43.2 Å². The molecule has 2 aromatic rings. The molecular weight excluding hydrogens is 528 g/mol. The number of hydrogen-bond donors (Lipinski definition) is 9. The minimum absolute atomic E-state index is 0.0866. The van der Waals surface area contributed by atoms with E-state index >= 15 is 0 Å². The van der Waals surface area contributed by atoms with Gasteiger partial charge >= 0.3 is 5.97 Å². The van der Waals surface area contributed by atoms with Gasteiger partial charge in [-0.15, -0.1) is 0 Å². The van der Waals surface area contributed by atoms with Crippen molar-refractivity contribution in [3.8, 4) is 0 Å². The number of hydrogen-bond acceptors (Lipinski definition) is 6. The van der Waals surface area contributed by atoms with Gasteiger partial charge in [-0.1, -0.05) is 32.0 Å². The Morgan fingerprint density at radius 2 is 1.78 bits per heavy atom. The van der Waals surface area contributed by atoms with Crippen LogP contribution in [0.4, 0.5) is 0 Å². The van der Waals surface area contributed by atoms with E-state index in [4.69, 9.17) is 11.1 Å². The Bertz CT molecular complexity index is 1220. The van der Waals surface area contributed by atoms with Gasteiger partial charge < -0.3 is 42.4 Å². The SMILES string of the molecule is CC(C)C[C@H](NC(=O)[C@@H]1CCCN1)C(=O)N[C@@H](Cc1c[nH]c2ccccc12)C(=O)N[C@@H](CCCNC(=N)N)C(=O)O. The molecule has 1 aliphatic rings. The second kappa shape index (κ2) is 15.0. The molecule has 224 valence electrons. The number of rotatable bonds is 15. The number of guanidine groups is 1. The third-order valence-corrected chi connectivity index (χ3v) is 7.05. The summed E-state index contributed by atoms with van der Waals surface area (Å²) in [6, 6.07) is 4.00. The molecule has 1 aromatic carbocycles. The number of nitrogens with one attached hydrogen (secondary N) is 7. The van der Waals surface area contributed by atoms with Gasteiger partial charge in [0, 0.05) is 30.1 Å². The molecule has 2 heterocycles. The lowest BCUT2D eigenvalue weighted by molar-refractivity contribution is -0.142. The zero-order chi connectivity index (χ0) is 29.9. The number of fused-ring (bicyclic) bond motifs is 1. The number of nitrogens with two attached hydrogens (primary N) is 1. The third kappa shape index (κ3) is 9.48. The van der Waals surface area contributed by atoms with Crippen molar-refractivity contribution >= 4 is 40.6 Å². The fraction of sp³-hybridized carbons (Fsp3) is 0.536. The zero-order valence-corrected chi connectivity index (χ0v) is 23.6. The molecule has 13 nitrogen and oxygen atoms in total. The Morgan fingerprint density at radius 3 is 2.44 bits per heavy atom. The molecule has 1 fully saturated rings. The van der Waals surface area contributed by atoms with E-state index < -0.39 is 35.9 Å². The fourth-order valence-electron chi connectivity index (χ4n) is 4.94. The number of carbonyl (C=O) groups excluding carboxylic acids is 3. The summed E-state index contributed by atoms with van der Waals surface area (Å²) >= 11 is 0. The van der Waals surface area contributed by atoms with Crippen molar-refractivity contribution in [3.63, 3.8) is 0 Å². The van der Waals surface area contributed by atoms with E-state index in [0.717, 1.165) is 29.4 Å². The van der Waals surface area contributed by atoms with Crippen LogP contribution in [0.2, 0.25) is 0 Å². The highest BCUT2D eigenvalue weighted by Crippen LogP contribution is 2.20. The molecule has 1 aromatic heterocycles. The first kappa shape index (κ1) is 31.4. The van der Waals surface area contributed by atoms with E-state index in [0.29, 0.717) is 19.3 Å². The molecular formula is C28H42N8O5. The van der Waals surface area contributed by atoms with E-state index in [1.54, 1.807) is 6.20 Å². The molecule has 41 heavy (non-hydrogen) atoms. The lowest BCUT2D eigenvalue weighted by Crippen LogP contribution is -2.57. The lowest BCUT2D eigenvalue weighted by atomic mass is 10.00. The fourth-order valence-corrected chi connectivity index (χ4v) is 4.94. The van der Waals surface area contributed by atoms with Crippen molar-refractivity contribution in [3.05, 3.63) is 36.0 Å². The first-order valence-corrected chi connectivity index (χ1v) is 14.0. The molecule has 0 unspecified atom stereocenters. The van der Waals surface area contributed by atoms with Crippen LogP contribution in [0.25, 0.3) is 10.9 Å². The first-order chi connectivity index (χ1) is 19.5. The van der Waals surface area contributed by atoms with Crippen LogP contribution in [0, 0.1) is 11.3 Å². The quantitative estimate of drug-likeness (QED) is 0.0823. The Labute approximate surface area is 239 Å². The van der Waals surface area contributed by atoms with Crippen LogP contribution in [0.15, 0.2) is 30.5 Å². The summed E-state index contributed by atoms with van der Waals surface area (Å²) in [6.07, 6.45) is 4.23. The minimum atomic E-state index is -1.22. The number of aliphatic carboxylic acids is 1. The molecule has 0 radical (unpaired) electrons. The van der Waals surface area contributed by atoms with Crippen LogP contribution in [0.5, 0.6) is 0 Å². The number of aromatic nitrogens is 1. The summed E-state index contributed by atoms with van der Waals surface area (Å²) in [5.41, 5.74) is 6.91. The van der Waals surface area contributed by atoms with Crippen LogP contribution in [0.3, 0.4) is 0 Å². The highest BCUT2D eigenvalue weighted by atomic mass is 16.4. The smallest absolute Gasteiger partial charge is 0.326 e. The molecule has 13 heteroatoms. The highest BCUT2D eigenvalue weighted by molar-refractivity contribution is 5.95. The average Bonchev–Trinajstić information content (AvgIpc) is 3.60. The zero-order valence-electron chi connectivity index (χ0n) is 23.6. The van der Waals surface area contributed by atoms with E-state index in [1.165, 1.54) is 0 Å². The second-order valence-electron chi connectivity index (χ2n) is 10.8. The van der Waals surface area contributed by atoms with Gasteiger partial charge in [-0.25, -0.2) is 4.79 Å². The van der Waals surface area contributed by atoms with E-state index in [9.17, 15) is 24.3 Å². The average molecular weight is 571 g/mol. The maximum absolute atomic E-state index is 13.5.